The number of amides is 1. The van der Waals surface area contributed by atoms with E-state index in [1.54, 1.807) is 0 Å². The van der Waals surface area contributed by atoms with Crippen LogP contribution in [0.3, 0.4) is 0 Å². The van der Waals surface area contributed by atoms with Crippen LogP contribution in [0.25, 0.3) is 0 Å². The molecule has 2 aliphatic rings. The van der Waals surface area contributed by atoms with Gasteiger partial charge in [-0.3, -0.25) is 14.3 Å². The minimum absolute atomic E-state index is 0.0123. The van der Waals surface area contributed by atoms with Crippen molar-refractivity contribution in [2.45, 2.75) is 62.9 Å². The van der Waals surface area contributed by atoms with Crippen molar-refractivity contribution in [3.63, 3.8) is 0 Å². The van der Waals surface area contributed by atoms with Crippen molar-refractivity contribution in [3.05, 3.63) is 33.1 Å². The summed E-state index contributed by atoms with van der Waals surface area (Å²) in [6, 6.07) is 0.654. The molecule has 0 aliphatic carbocycles. The van der Waals surface area contributed by atoms with E-state index in [4.69, 9.17) is 18.6 Å². The predicted molar refractivity (Wildman–Crippen MR) is 106 cm³/mol. The van der Waals surface area contributed by atoms with Crippen molar-refractivity contribution in [2.24, 2.45) is 0 Å². The summed E-state index contributed by atoms with van der Waals surface area (Å²) in [6.45, 7) is 11.0. The molecule has 0 unspecified atom stereocenters. The Morgan fingerprint density at radius 3 is 2.69 bits per heavy atom. The molecule has 3 heterocycles. The summed E-state index contributed by atoms with van der Waals surface area (Å²) in [4.78, 5) is 37.8. The van der Waals surface area contributed by atoms with Gasteiger partial charge in [0.2, 0.25) is 0 Å². The molecule has 4 atom stereocenters. The Hall–Kier alpha value is -1.95. The maximum absolute atomic E-state index is 12.3. The van der Waals surface area contributed by atoms with Crippen molar-refractivity contribution in [2.75, 3.05) is 20.3 Å². The van der Waals surface area contributed by atoms with Crippen LogP contribution in [0, 0.1) is 0 Å². The Bertz CT molecular complexity index is 890. The van der Waals surface area contributed by atoms with Gasteiger partial charge in [0, 0.05) is 12.3 Å². The second kappa shape index (κ2) is 7.38. The summed E-state index contributed by atoms with van der Waals surface area (Å²) in [6.07, 6.45) is -0.729. The van der Waals surface area contributed by atoms with E-state index in [9.17, 15) is 14.4 Å². The molecule has 29 heavy (non-hydrogen) atoms. The van der Waals surface area contributed by atoms with Gasteiger partial charge in [-0.15, -0.1) is 0 Å². The molecule has 3 rings (SSSR count). The van der Waals surface area contributed by atoms with Gasteiger partial charge >= 0.3 is 11.8 Å². The lowest BCUT2D eigenvalue weighted by Crippen LogP contribution is -2.56. The number of alkyl carbamates (subject to hydrolysis) is 1. The summed E-state index contributed by atoms with van der Waals surface area (Å²) >= 11 is 0. The smallest absolute Gasteiger partial charge is 0.407 e. The Labute approximate surface area is 169 Å². The average Bonchev–Trinajstić information content (AvgIpc) is 3.11. The Balaban J connectivity index is 1.92. The highest BCUT2D eigenvalue weighted by Gasteiger charge is 2.63. The molecular weight excluding hydrogens is 398 g/mol. The zero-order valence-electron chi connectivity index (χ0n) is 17.6. The minimum Gasteiger partial charge on any atom is -0.453 e. The Morgan fingerprint density at radius 2 is 2.10 bits per heavy atom. The van der Waals surface area contributed by atoms with Crippen LogP contribution in [-0.4, -0.2) is 62.0 Å². The lowest BCUT2D eigenvalue weighted by atomic mass is 9.97. The molecule has 162 valence electrons. The molecule has 2 aliphatic heterocycles. The number of aromatic nitrogens is 2. The number of ether oxygens (including phenoxy) is 3. The zero-order valence-corrected chi connectivity index (χ0v) is 18.6. The SMILES string of the molecule is COC(=O)N[C@H]1[C@H]2OC[C@]1(CO[Si](C)(C)C(C)(C)C)O[C@H]2n1ccc(=O)[nH]c1=O. The van der Waals surface area contributed by atoms with Gasteiger partial charge in [0.05, 0.1) is 26.4 Å². The maximum Gasteiger partial charge on any atom is 0.407 e. The van der Waals surface area contributed by atoms with Gasteiger partial charge in [0.15, 0.2) is 14.5 Å². The first-order chi connectivity index (χ1) is 13.4. The van der Waals surface area contributed by atoms with E-state index in [2.05, 4.69) is 44.2 Å². The molecule has 1 aromatic heterocycles. The molecule has 0 aromatic carbocycles. The molecular formula is C18H29N3O7Si. The summed E-state index contributed by atoms with van der Waals surface area (Å²) in [5.74, 6) is 0. The van der Waals surface area contributed by atoms with Gasteiger partial charge in [-0.2, -0.15) is 0 Å². The number of hydrogen-bond donors (Lipinski definition) is 2. The number of nitrogens with one attached hydrogen (secondary N) is 2. The first-order valence-electron chi connectivity index (χ1n) is 9.49. The van der Waals surface area contributed by atoms with Crippen LogP contribution in [0.15, 0.2) is 21.9 Å². The lowest BCUT2D eigenvalue weighted by molar-refractivity contribution is -0.183. The van der Waals surface area contributed by atoms with Crippen LogP contribution in [0.4, 0.5) is 4.79 Å². The van der Waals surface area contributed by atoms with E-state index in [0.717, 1.165) is 0 Å². The van der Waals surface area contributed by atoms with E-state index in [1.165, 1.54) is 23.9 Å². The molecule has 2 bridgehead atoms. The molecule has 0 saturated carbocycles. The number of aromatic amines is 1. The van der Waals surface area contributed by atoms with Crippen LogP contribution in [0.1, 0.15) is 27.0 Å². The number of H-pyrrole nitrogens is 1. The van der Waals surface area contributed by atoms with Gasteiger partial charge in [-0.05, 0) is 18.1 Å². The monoisotopic (exact) mass is 427 g/mol. The fourth-order valence-electron chi connectivity index (χ4n) is 3.31. The summed E-state index contributed by atoms with van der Waals surface area (Å²) in [7, 11) is -0.836. The quantitative estimate of drug-likeness (QED) is 0.671. The average molecular weight is 428 g/mol. The molecule has 1 aromatic rings. The number of carbonyl (C=O) groups excluding carboxylic acids is 1. The predicted octanol–water partition coefficient (Wildman–Crippen LogP) is 0.949. The van der Waals surface area contributed by atoms with Crippen LogP contribution in [-0.2, 0) is 18.6 Å². The molecule has 2 saturated heterocycles. The fourth-order valence-corrected chi connectivity index (χ4v) is 4.35. The summed E-state index contributed by atoms with van der Waals surface area (Å²) in [5, 5.41) is 2.76. The molecule has 0 radical (unpaired) electrons. The fraction of sp³-hybridized carbons (Fsp3) is 0.722. The van der Waals surface area contributed by atoms with Gasteiger partial charge in [-0.1, -0.05) is 20.8 Å². The third kappa shape index (κ3) is 3.91. The third-order valence-corrected chi connectivity index (χ3v) is 10.6. The highest BCUT2D eigenvalue weighted by atomic mass is 28.4. The van der Waals surface area contributed by atoms with Crippen LogP contribution >= 0.6 is 0 Å². The Morgan fingerprint density at radius 1 is 1.41 bits per heavy atom. The number of methoxy groups -OCH3 is 1. The second-order valence-corrected chi connectivity index (χ2v) is 13.8. The number of nitrogens with zero attached hydrogens (tertiary/aromatic N) is 1. The molecule has 1 amide bonds. The van der Waals surface area contributed by atoms with Gasteiger partial charge < -0.3 is 24.0 Å². The largest absolute Gasteiger partial charge is 0.453 e. The summed E-state index contributed by atoms with van der Waals surface area (Å²) in [5.41, 5.74) is -2.10. The van der Waals surface area contributed by atoms with E-state index < -0.39 is 49.6 Å². The van der Waals surface area contributed by atoms with Crippen molar-refractivity contribution in [1.82, 2.24) is 14.9 Å². The number of fused-ring (bicyclic) bond motifs is 2. The molecule has 10 nitrogen and oxygen atoms in total. The lowest BCUT2D eigenvalue weighted by Gasteiger charge is -2.40. The molecule has 11 heteroatoms. The van der Waals surface area contributed by atoms with Crippen molar-refractivity contribution in [3.8, 4) is 0 Å². The van der Waals surface area contributed by atoms with Crippen molar-refractivity contribution in [1.29, 1.82) is 0 Å². The highest BCUT2D eigenvalue weighted by molar-refractivity contribution is 6.74. The highest BCUT2D eigenvalue weighted by Crippen LogP contribution is 2.46. The molecule has 2 fully saturated rings. The van der Waals surface area contributed by atoms with Crippen molar-refractivity contribution < 1.29 is 23.4 Å². The zero-order chi connectivity index (χ0) is 21.6. The molecule has 2 N–H and O–H groups in total. The number of carbonyl (C=O) groups is 1. The van der Waals surface area contributed by atoms with Gasteiger partial charge in [0.25, 0.3) is 5.56 Å². The summed E-state index contributed by atoms with van der Waals surface area (Å²) < 4.78 is 24.6. The van der Waals surface area contributed by atoms with Gasteiger partial charge in [-0.25, -0.2) is 9.59 Å². The minimum atomic E-state index is -2.11. The van der Waals surface area contributed by atoms with Crippen LogP contribution < -0.4 is 16.6 Å². The normalized spacial score (nSPS) is 29.1. The van der Waals surface area contributed by atoms with Gasteiger partial charge in [0.1, 0.15) is 11.7 Å². The standard InChI is InChI=1S/C18H29N3O7Si/c1-17(2,3)29(5,6)27-10-18-9-26-12(13(18)20-16(24)25-4)14(28-18)21-8-7-11(22)19-15(21)23/h7-8,12-14H,9-10H2,1-6H3,(H,20,24)(H,19,22,23)/t12-,13+,14-,18-/m1/s1. The van der Waals surface area contributed by atoms with Crippen molar-refractivity contribution >= 4 is 14.4 Å². The van der Waals surface area contributed by atoms with Crippen LogP contribution in [0.2, 0.25) is 18.1 Å². The van der Waals surface area contributed by atoms with E-state index in [1.807, 2.05) is 0 Å². The number of rotatable bonds is 5. The van der Waals surface area contributed by atoms with E-state index in [-0.39, 0.29) is 18.3 Å². The maximum atomic E-state index is 12.3. The first kappa shape index (κ1) is 21.7. The third-order valence-electron chi connectivity index (χ3n) is 6.12. The first-order valence-corrected chi connectivity index (χ1v) is 12.4. The topological polar surface area (TPSA) is 121 Å². The second-order valence-electron chi connectivity index (χ2n) is 9.03. The Kier molecular flexibility index (Phi) is 5.54. The molecule has 0 spiro atoms. The van der Waals surface area contributed by atoms with Crippen LogP contribution in [0.5, 0.6) is 0 Å². The van der Waals surface area contributed by atoms with E-state index in [0.29, 0.717) is 0 Å². The number of hydrogen-bond acceptors (Lipinski definition) is 7. The van der Waals surface area contributed by atoms with E-state index >= 15 is 0 Å².